The van der Waals surface area contributed by atoms with Gasteiger partial charge in [-0.15, -0.1) is 12.4 Å². The van der Waals surface area contributed by atoms with Gasteiger partial charge in [-0.1, -0.05) is 0 Å². The minimum atomic E-state index is -0.437. The van der Waals surface area contributed by atoms with Crippen LogP contribution < -0.4 is 5.32 Å². The number of nitrogens with one attached hydrogen (secondary N) is 1. The Kier molecular flexibility index (Phi) is 5.41. The predicted octanol–water partition coefficient (Wildman–Crippen LogP) is 0.738. The fourth-order valence-corrected chi connectivity index (χ4v) is 1.08. The Hall–Kier alpha value is -0.320. The molecule has 1 heterocycles. The van der Waals surface area contributed by atoms with Crippen molar-refractivity contribution in [2.75, 3.05) is 19.7 Å². The van der Waals surface area contributed by atoms with Crippen LogP contribution in [-0.2, 0) is 14.3 Å². The van der Waals surface area contributed by atoms with Gasteiger partial charge < -0.3 is 14.8 Å². The lowest BCUT2D eigenvalue weighted by molar-refractivity contribution is -0.169. The fourth-order valence-electron chi connectivity index (χ4n) is 1.08. The summed E-state index contributed by atoms with van der Waals surface area (Å²) in [4.78, 5) is 11.4. The highest BCUT2D eigenvalue weighted by Crippen LogP contribution is 2.10. The number of esters is 1. The number of carbonyl (C=O) groups is 1. The van der Waals surface area contributed by atoms with Gasteiger partial charge in [-0.05, 0) is 20.8 Å². The van der Waals surface area contributed by atoms with Gasteiger partial charge in [0.2, 0.25) is 0 Å². The quantitative estimate of drug-likeness (QED) is 0.667. The Balaban J connectivity index is 0.00000169. The molecule has 0 spiro atoms. The van der Waals surface area contributed by atoms with Crippen LogP contribution >= 0.6 is 12.4 Å². The number of halogens is 1. The summed E-state index contributed by atoms with van der Waals surface area (Å²) < 4.78 is 10.4. The number of morpholine rings is 1. The van der Waals surface area contributed by atoms with Gasteiger partial charge in [0.25, 0.3) is 0 Å². The minimum Gasteiger partial charge on any atom is -0.458 e. The largest absolute Gasteiger partial charge is 0.458 e. The summed E-state index contributed by atoms with van der Waals surface area (Å²) in [6, 6.07) is 0. The van der Waals surface area contributed by atoms with Crippen LogP contribution in [0.4, 0.5) is 0 Å². The van der Waals surface area contributed by atoms with Crippen molar-refractivity contribution in [3.8, 4) is 0 Å². The molecule has 0 aromatic carbocycles. The molecule has 0 aromatic rings. The molecule has 1 atom stereocenters. The van der Waals surface area contributed by atoms with Crippen LogP contribution in [0, 0.1) is 0 Å². The molecular weight excluding hydrogens is 206 g/mol. The van der Waals surface area contributed by atoms with E-state index >= 15 is 0 Å². The lowest BCUT2D eigenvalue weighted by Gasteiger charge is -2.26. The molecule has 14 heavy (non-hydrogen) atoms. The lowest BCUT2D eigenvalue weighted by Crippen LogP contribution is -2.45. The number of rotatable bonds is 1. The first-order valence-corrected chi connectivity index (χ1v) is 4.54. The molecule has 1 aliphatic rings. The van der Waals surface area contributed by atoms with Gasteiger partial charge in [0.15, 0.2) is 6.10 Å². The summed E-state index contributed by atoms with van der Waals surface area (Å²) >= 11 is 0. The number of carbonyl (C=O) groups excluding carboxylic acids is 1. The van der Waals surface area contributed by atoms with Crippen LogP contribution in [-0.4, -0.2) is 37.4 Å². The summed E-state index contributed by atoms with van der Waals surface area (Å²) in [6.07, 6.45) is -0.437. The Morgan fingerprint density at radius 1 is 1.50 bits per heavy atom. The number of hydrogen-bond donors (Lipinski definition) is 1. The number of ether oxygens (including phenoxy) is 2. The normalized spacial score (nSPS) is 22.4. The van der Waals surface area contributed by atoms with Crippen LogP contribution in [0.25, 0.3) is 0 Å². The van der Waals surface area contributed by atoms with E-state index in [9.17, 15) is 4.79 Å². The second kappa shape index (κ2) is 5.53. The standard InChI is InChI=1S/C9H17NO3.ClH/c1-9(2,3)13-8(11)7-6-10-4-5-12-7;/h7,10H,4-6H2,1-3H3;1H. The molecule has 0 aromatic heterocycles. The van der Waals surface area contributed by atoms with Crippen molar-refractivity contribution in [3.05, 3.63) is 0 Å². The molecule has 1 N–H and O–H groups in total. The van der Waals surface area contributed by atoms with Crippen molar-refractivity contribution in [1.29, 1.82) is 0 Å². The second-order valence-corrected chi connectivity index (χ2v) is 4.10. The van der Waals surface area contributed by atoms with Crippen molar-refractivity contribution >= 4 is 18.4 Å². The average Bonchev–Trinajstić information content (AvgIpc) is 2.03. The van der Waals surface area contributed by atoms with Gasteiger partial charge in [-0.2, -0.15) is 0 Å². The van der Waals surface area contributed by atoms with E-state index in [2.05, 4.69) is 5.32 Å². The third kappa shape index (κ3) is 4.79. The van der Waals surface area contributed by atoms with Crippen LogP contribution in [0.2, 0.25) is 0 Å². The van der Waals surface area contributed by atoms with E-state index in [1.807, 2.05) is 20.8 Å². The van der Waals surface area contributed by atoms with E-state index in [1.165, 1.54) is 0 Å². The first-order chi connectivity index (χ1) is 5.99. The van der Waals surface area contributed by atoms with E-state index in [1.54, 1.807) is 0 Å². The summed E-state index contributed by atoms with van der Waals surface area (Å²) in [5.41, 5.74) is -0.433. The second-order valence-electron chi connectivity index (χ2n) is 4.10. The van der Waals surface area contributed by atoms with Gasteiger partial charge in [0, 0.05) is 13.1 Å². The average molecular weight is 224 g/mol. The maximum Gasteiger partial charge on any atom is 0.337 e. The summed E-state index contributed by atoms with van der Waals surface area (Å²) in [5, 5.41) is 3.08. The molecule has 1 saturated heterocycles. The smallest absolute Gasteiger partial charge is 0.337 e. The summed E-state index contributed by atoms with van der Waals surface area (Å²) in [5.74, 6) is -0.278. The third-order valence-corrected chi connectivity index (χ3v) is 1.60. The van der Waals surface area contributed by atoms with Crippen LogP contribution in [0.3, 0.4) is 0 Å². The Morgan fingerprint density at radius 2 is 2.14 bits per heavy atom. The van der Waals surface area contributed by atoms with Gasteiger partial charge in [-0.25, -0.2) is 4.79 Å². The molecule has 0 aliphatic carbocycles. The maximum absolute atomic E-state index is 11.4. The highest BCUT2D eigenvalue weighted by Gasteiger charge is 2.27. The van der Waals surface area contributed by atoms with E-state index in [0.29, 0.717) is 13.2 Å². The van der Waals surface area contributed by atoms with E-state index in [0.717, 1.165) is 6.54 Å². The van der Waals surface area contributed by atoms with Crippen molar-refractivity contribution in [1.82, 2.24) is 5.32 Å². The van der Waals surface area contributed by atoms with E-state index < -0.39 is 11.7 Å². The summed E-state index contributed by atoms with van der Waals surface area (Å²) in [6.45, 7) is 7.47. The van der Waals surface area contributed by atoms with Gasteiger partial charge in [-0.3, -0.25) is 0 Å². The van der Waals surface area contributed by atoms with Gasteiger partial charge in [0.1, 0.15) is 5.60 Å². The van der Waals surface area contributed by atoms with E-state index in [4.69, 9.17) is 9.47 Å². The molecule has 0 radical (unpaired) electrons. The Labute approximate surface area is 90.7 Å². The van der Waals surface area contributed by atoms with Gasteiger partial charge >= 0.3 is 5.97 Å². The van der Waals surface area contributed by atoms with Gasteiger partial charge in [0.05, 0.1) is 6.61 Å². The van der Waals surface area contributed by atoms with Crippen molar-refractivity contribution < 1.29 is 14.3 Å². The Morgan fingerprint density at radius 3 is 2.57 bits per heavy atom. The first-order valence-electron chi connectivity index (χ1n) is 4.54. The van der Waals surface area contributed by atoms with Crippen molar-refractivity contribution in [3.63, 3.8) is 0 Å². The highest BCUT2D eigenvalue weighted by atomic mass is 35.5. The van der Waals surface area contributed by atoms with E-state index in [-0.39, 0.29) is 18.4 Å². The third-order valence-electron chi connectivity index (χ3n) is 1.60. The zero-order chi connectivity index (χ0) is 9.90. The highest BCUT2D eigenvalue weighted by molar-refractivity contribution is 5.85. The lowest BCUT2D eigenvalue weighted by atomic mass is 10.2. The van der Waals surface area contributed by atoms with Crippen molar-refractivity contribution in [2.24, 2.45) is 0 Å². The topological polar surface area (TPSA) is 47.6 Å². The molecule has 84 valence electrons. The minimum absolute atomic E-state index is 0. The SMILES string of the molecule is CC(C)(C)OC(=O)C1CNCCO1.Cl. The molecule has 5 heteroatoms. The van der Waals surface area contributed by atoms with Crippen LogP contribution in [0.5, 0.6) is 0 Å². The predicted molar refractivity (Wildman–Crippen MR) is 55.7 cm³/mol. The fraction of sp³-hybridized carbons (Fsp3) is 0.889. The zero-order valence-corrected chi connectivity index (χ0v) is 9.65. The molecule has 0 saturated carbocycles. The molecular formula is C9H18ClNO3. The van der Waals surface area contributed by atoms with Crippen LogP contribution in [0.1, 0.15) is 20.8 Å². The van der Waals surface area contributed by atoms with Crippen LogP contribution in [0.15, 0.2) is 0 Å². The molecule has 4 nitrogen and oxygen atoms in total. The Bertz CT molecular complexity index is 185. The molecule has 0 amide bonds. The molecule has 0 bridgehead atoms. The monoisotopic (exact) mass is 223 g/mol. The first kappa shape index (κ1) is 13.7. The number of hydrogen-bond acceptors (Lipinski definition) is 4. The molecule has 1 rings (SSSR count). The maximum atomic E-state index is 11.4. The molecule has 1 unspecified atom stereocenters. The zero-order valence-electron chi connectivity index (χ0n) is 8.83. The summed E-state index contributed by atoms with van der Waals surface area (Å²) in [7, 11) is 0. The molecule has 1 fully saturated rings. The van der Waals surface area contributed by atoms with Crippen molar-refractivity contribution in [2.45, 2.75) is 32.5 Å². The molecule has 1 aliphatic heterocycles.